The van der Waals surface area contributed by atoms with Crippen LogP contribution >= 0.6 is 0 Å². The third-order valence-electron chi connectivity index (χ3n) is 3.25. The lowest BCUT2D eigenvalue weighted by Crippen LogP contribution is -2.27. The van der Waals surface area contributed by atoms with Gasteiger partial charge in [0.25, 0.3) is 0 Å². The Labute approximate surface area is 112 Å². The van der Waals surface area contributed by atoms with E-state index in [2.05, 4.69) is 4.98 Å². The van der Waals surface area contributed by atoms with Crippen LogP contribution in [0.2, 0.25) is 0 Å². The summed E-state index contributed by atoms with van der Waals surface area (Å²) in [5.41, 5.74) is 3.24. The van der Waals surface area contributed by atoms with Gasteiger partial charge < -0.3 is 9.88 Å². The second-order valence-electron chi connectivity index (χ2n) is 4.90. The topological polar surface area (TPSA) is 53.2 Å². The van der Waals surface area contributed by atoms with Gasteiger partial charge in [0, 0.05) is 30.2 Å². The molecule has 19 heavy (non-hydrogen) atoms. The number of aryl methyl sites for hydroxylation is 1. The number of carbonyl (C=O) groups is 2. The highest BCUT2D eigenvalue weighted by atomic mass is 16.2. The van der Waals surface area contributed by atoms with E-state index in [1.54, 1.807) is 11.9 Å². The zero-order chi connectivity index (χ0) is 14.0. The first-order valence-corrected chi connectivity index (χ1v) is 6.28. The van der Waals surface area contributed by atoms with Crippen LogP contribution in [0.25, 0.3) is 10.9 Å². The molecule has 4 heteroatoms. The minimum atomic E-state index is -0.141. The molecule has 0 bridgehead atoms. The molecule has 0 saturated heterocycles. The van der Waals surface area contributed by atoms with Crippen molar-refractivity contribution in [2.45, 2.75) is 26.8 Å². The summed E-state index contributed by atoms with van der Waals surface area (Å²) in [6.07, 6.45) is -0.0299. The van der Waals surface area contributed by atoms with E-state index in [1.807, 2.05) is 31.2 Å². The van der Waals surface area contributed by atoms with Crippen LogP contribution in [0.5, 0.6) is 0 Å². The van der Waals surface area contributed by atoms with Crippen LogP contribution in [-0.4, -0.2) is 28.6 Å². The predicted octanol–water partition coefficient (Wildman–Crippen LogP) is 2.41. The summed E-state index contributed by atoms with van der Waals surface area (Å²) in [5, 5.41) is 1.13. The van der Waals surface area contributed by atoms with Gasteiger partial charge in [0.2, 0.25) is 5.91 Å². The summed E-state index contributed by atoms with van der Waals surface area (Å²) in [6.45, 7) is 3.95. The monoisotopic (exact) mass is 258 g/mol. The number of hydrogen-bond acceptors (Lipinski definition) is 2. The third-order valence-corrected chi connectivity index (χ3v) is 3.25. The molecule has 0 aliphatic heterocycles. The lowest BCUT2D eigenvalue weighted by Gasteiger charge is -2.16. The fraction of sp³-hybridized carbons (Fsp3) is 0.333. The number of hydrogen-bond donors (Lipinski definition) is 1. The molecule has 0 spiro atoms. The number of para-hydroxylation sites is 1. The van der Waals surface area contributed by atoms with E-state index in [0.29, 0.717) is 6.54 Å². The predicted molar refractivity (Wildman–Crippen MR) is 74.8 cm³/mol. The van der Waals surface area contributed by atoms with Crippen LogP contribution in [0, 0.1) is 6.92 Å². The molecule has 0 saturated carbocycles. The van der Waals surface area contributed by atoms with E-state index >= 15 is 0 Å². The van der Waals surface area contributed by atoms with Gasteiger partial charge in [-0.2, -0.15) is 0 Å². The Morgan fingerprint density at radius 1 is 1.26 bits per heavy atom. The van der Waals surface area contributed by atoms with Gasteiger partial charge in [-0.25, -0.2) is 0 Å². The molecule has 1 aromatic heterocycles. The molecule has 2 aromatic rings. The van der Waals surface area contributed by atoms with Crippen molar-refractivity contribution in [3.05, 3.63) is 35.5 Å². The zero-order valence-corrected chi connectivity index (χ0v) is 11.5. The van der Waals surface area contributed by atoms with Crippen molar-refractivity contribution in [3.63, 3.8) is 0 Å². The molecule has 0 unspecified atom stereocenters. The number of nitrogens with one attached hydrogen (secondary N) is 1. The minimum absolute atomic E-state index is 0.0299. The molecule has 1 amide bonds. The van der Waals surface area contributed by atoms with Gasteiger partial charge in [-0.05, 0) is 25.5 Å². The number of aromatic nitrogens is 1. The van der Waals surface area contributed by atoms with Crippen LogP contribution in [-0.2, 0) is 16.1 Å². The summed E-state index contributed by atoms with van der Waals surface area (Å²) < 4.78 is 0. The van der Waals surface area contributed by atoms with E-state index in [4.69, 9.17) is 0 Å². The van der Waals surface area contributed by atoms with Crippen molar-refractivity contribution >= 4 is 22.6 Å². The van der Waals surface area contributed by atoms with Crippen molar-refractivity contribution in [1.82, 2.24) is 9.88 Å². The van der Waals surface area contributed by atoms with Crippen molar-refractivity contribution in [2.75, 3.05) is 7.05 Å². The fourth-order valence-corrected chi connectivity index (χ4v) is 2.21. The second-order valence-corrected chi connectivity index (χ2v) is 4.90. The van der Waals surface area contributed by atoms with E-state index in [-0.39, 0.29) is 18.1 Å². The maximum atomic E-state index is 11.8. The Kier molecular flexibility index (Phi) is 3.69. The second kappa shape index (κ2) is 5.26. The number of nitrogens with zero attached hydrogens (tertiary/aromatic N) is 1. The molecule has 100 valence electrons. The van der Waals surface area contributed by atoms with E-state index in [0.717, 1.165) is 22.2 Å². The molecule has 1 aromatic carbocycles. The summed E-state index contributed by atoms with van der Waals surface area (Å²) in [7, 11) is 1.73. The number of aromatic amines is 1. The number of rotatable bonds is 4. The molecular weight excluding hydrogens is 240 g/mol. The average molecular weight is 258 g/mol. The highest BCUT2D eigenvalue weighted by Gasteiger charge is 2.15. The molecular formula is C15H18N2O2. The molecule has 0 aliphatic rings. The first kappa shape index (κ1) is 13.3. The van der Waals surface area contributed by atoms with Gasteiger partial charge in [0.15, 0.2) is 0 Å². The highest BCUT2D eigenvalue weighted by Crippen LogP contribution is 2.23. The van der Waals surface area contributed by atoms with Gasteiger partial charge in [-0.1, -0.05) is 18.2 Å². The first-order chi connectivity index (χ1) is 8.99. The molecule has 0 atom stereocenters. The largest absolute Gasteiger partial charge is 0.358 e. The van der Waals surface area contributed by atoms with Crippen LogP contribution in [0.4, 0.5) is 0 Å². The highest BCUT2D eigenvalue weighted by molar-refractivity contribution is 5.96. The number of amides is 1. The summed E-state index contributed by atoms with van der Waals surface area (Å²) in [6, 6.07) is 8.02. The first-order valence-electron chi connectivity index (χ1n) is 6.28. The van der Waals surface area contributed by atoms with Crippen LogP contribution in [0.1, 0.15) is 24.6 Å². The molecule has 0 aliphatic carbocycles. The van der Waals surface area contributed by atoms with Gasteiger partial charge in [0.1, 0.15) is 5.78 Å². The Morgan fingerprint density at radius 3 is 2.63 bits per heavy atom. The van der Waals surface area contributed by atoms with E-state index in [9.17, 15) is 9.59 Å². The normalized spacial score (nSPS) is 10.7. The number of fused-ring (bicyclic) bond motifs is 1. The van der Waals surface area contributed by atoms with Crippen LogP contribution in [0.15, 0.2) is 24.3 Å². The molecule has 4 nitrogen and oxygen atoms in total. The number of H-pyrrole nitrogens is 1. The number of ketones is 1. The van der Waals surface area contributed by atoms with E-state index in [1.165, 1.54) is 6.92 Å². The fourth-order valence-electron chi connectivity index (χ4n) is 2.21. The minimum Gasteiger partial charge on any atom is -0.358 e. The van der Waals surface area contributed by atoms with Crippen molar-refractivity contribution in [3.8, 4) is 0 Å². The maximum Gasteiger partial charge on any atom is 0.230 e. The maximum absolute atomic E-state index is 11.8. The van der Waals surface area contributed by atoms with Crippen molar-refractivity contribution in [1.29, 1.82) is 0 Å². The summed E-state index contributed by atoms with van der Waals surface area (Å²) in [5.74, 6) is -0.246. The van der Waals surface area contributed by atoms with Crippen LogP contribution < -0.4 is 0 Å². The smallest absolute Gasteiger partial charge is 0.230 e. The SMILES string of the molecule is CC(=O)CC(=O)N(C)Cc1c(C)[nH]c2ccccc12. The van der Waals surface area contributed by atoms with Gasteiger partial charge in [-0.3, -0.25) is 9.59 Å². The molecule has 0 fully saturated rings. The Balaban J connectivity index is 2.23. The Bertz CT molecular complexity index is 628. The Hall–Kier alpha value is -2.10. The third kappa shape index (κ3) is 2.84. The summed E-state index contributed by atoms with van der Waals surface area (Å²) in [4.78, 5) is 27.7. The molecule has 0 radical (unpaired) electrons. The van der Waals surface area contributed by atoms with Crippen molar-refractivity contribution < 1.29 is 9.59 Å². The van der Waals surface area contributed by atoms with Crippen molar-refractivity contribution in [2.24, 2.45) is 0 Å². The van der Waals surface area contributed by atoms with Crippen LogP contribution in [0.3, 0.4) is 0 Å². The van der Waals surface area contributed by atoms with E-state index < -0.39 is 0 Å². The van der Waals surface area contributed by atoms with Gasteiger partial charge in [-0.15, -0.1) is 0 Å². The number of carbonyl (C=O) groups excluding carboxylic acids is 2. The average Bonchev–Trinajstić information content (AvgIpc) is 2.65. The Morgan fingerprint density at radius 2 is 1.95 bits per heavy atom. The standard InChI is InChI=1S/C15H18N2O2/c1-10(18)8-15(19)17(3)9-13-11(2)16-14-7-5-4-6-12(13)14/h4-7,16H,8-9H2,1-3H3. The lowest BCUT2D eigenvalue weighted by atomic mass is 10.1. The molecule has 1 heterocycles. The number of benzene rings is 1. The number of Topliss-reactive ketones (excluding diaryl/α,β-unsaturated/α-hetero) is 1. The quantitative estimate of drug-likeness (QED) is 0.856. The lowest BCUT2D eigenvalue weighted by molar-refractivity contribution is -0.134. The van der Waals surface area contributed by atoms with Gasteiger partial charge in [0.05, 0.1) is 6.42 Å². The molecule has 1 N–H and O–H groups in total. The molecule has 2 rings (SSSR count). The van der Waals surface area contributed by atoms with Gasteiger partial charge >= 0.3 is 0 Å². The zero-order valence-electron chi connectivity index (χ0n) is 11.5. The summed E-state index contributed by atoms with van der Waals surface area (Å²) >= 11 is 0.